The molecule has 0 bridgehead atoms. The summed E-state index contributed by atoms with van der Waals surface area (Å²) in [6.45, 7) is 3.38. The molecule has 0 saturated carbocycles. The van der Waals surface area contributed by atoms with Gasteiger partial charge in [-0.25, -0.2) is 13.2 Å². The summed E-state index contributed by atoms with van der Waals surface area (Å²) in [4.78, 5) is 0. The average Bonchev–Trinajstić information content (AvgIpc) is 2.37. The van der Waals surface area contributed by atoms with Gasteiger partial charge in [0.2, 0.25) is 34.8 Å². The van der Waals surface area contributed by atoms with Gasteiger partial charge < -0.3 is 4.18 Å². The van der Waals surface area contributed by atoms with E-state index in [9.17, 15) is 30.4 Å². The summed E-state index contributed by atoms with van der Waals surface area (Å²) >= 11 is 0. The maximum absolute atomic E-state index is 13.2. The number of halogens is 5. The second-order valence-corrected chi connectivity index (χ2v) is 6.12. The molecule has 1 rings (SSSR count). The molecular weight excluding hydrogens is 307 g/mol. The van der Waals surface area contributed by atoms with Crippen LogP contribution in [0.15, 0.2) is 0 Å². The molecule has 3 nitrogen and oxygen atoms in total. The lowest BCUT2D eigenvalue weighted by atomic mass is 10.2. The van der Waals surface area contributed by atoms with Crippen molar-refractivity contribution >= 4 is 10.1 Å². The lowest BCUT2D eigenvalue weighted by Crippen LogP contribution is -2.18. The second-order valence-electron chi connectivity index (χ2n) is 4.43. The van der Waals surface area contributed by atoms with E-state index in [4.69, 9.17) is 0 Å². The topological polar surface area (TPSA) is 43.4 Å². The average molecular weight is 318 g/mol. The Morgan fingerprint density at radius 1 is 0.900 bits per heavy atom. The van der Waals surface area contributed by atoms with Crippen molar-refractivity contribution in [1.82, 2.24) is 0 Å². The quantitative estimate of drug-likeness (QED) is 0.362. The molecule has 1 aromatic rings. The predicted octanol–water partition coefficient (Wildman–Crippen LogP) is 3.14. The van der Waals surface area contributed by atoms with Gasteiger partial charge >= 0.3 is 10.1 Å². The van der Waals surface area contributed by atoms with Crippen LogP contribution in [-0.4, -0.2) is 14.2 Å². The molecule has 0 aliphatic rings. The minimum absolute atomic E-state index is 0.0511. The summed E-state index contributed by atoms with van der Waals surface area (Å²) in [5.74, 6) is -14.0. The minimum Gasteiger partial charge on any atom is -0.376 e. The van der Waals surface area contributed by atoms with Gasteiger partial charge in [-0.1, -0.05) is 13.8 Å². The summed E-state index contributed by atoms with van der Waals surface area (Å²) in [5.41, 5.74) is 0. The van der Waals surface area contributed by atoms with E-state index in [1.807, 2.05) is 0 Å². The van der Waals surface area contributed by atoms with E-state index in [-0.39, 0.29) is 12.3 Å². The fourth-order valence-corrected chi connectivity index (χ4v) is 2.45. The Morgan fingerprint density at radius 3 is 1.70 bits per heavy atom. The molecule has 0 aromatic heterocycles. The summed E-state index contributed by atoms with van der Waals surface area (Å²) in [5, 5.41) is 0. The normalized spacial score (nSPS) is 12.0. The van der Waals surface area contributed by atoms with Crippen molar-refractivity contribution < 1.29 is 34.6 Å². The van der Waals surface area contributed by atoms with Crippen molar-refractivity contribution in [3.63, 3.8) is 0 Å². The molecule has 0 unspecified atom stereocenters. The van der Waals surface area contributed by atoms with E-state index in [1.165, 1.54) is 0 Å². The first kappa shape index (κ1) is 16.7. The van der Waals surface area contributed by atoms with Crippen LogP contribution in [0.1, 0.15) is 20.3 Å². The molecule has 0 N–H and O–H groups in total. The molecule has 20 heavy (non-hydrogen) atoms. The van der Waals surface area contributed by atoms with Crippen molar-refractivity contribution in [2.75, 3.05) is 5.75 Å². The van der Waals surface area contributed by atoms with Gasteiger partial charge in [0, 0.05) is 0 Å². The molecule has 0 radical (unpaired) electrons. The first-order chi connectivity index (χ1) is 9.07. The van der Waals surface area contributed by atoms with Gasteiger partial charge in [0.05, 0.1) is 5.75 Å². The van der Waals surface area contributed by atoms with Crippen LogP contribution in [0.25, 0.3) is 0 Å². The van der Waals surface area contributed by atoms with Gasteiger partial charge in [-0.05, 0) is 12.3 Å². The smallest absolute Gasteiger partial charge is 0.309 e. The summed E-state index contributed by atoms with van der Waals surface area (Å²) in [7, 11) is -4.46. The van der Waals surface area contributed by atoms with Crippen molar-refractivity contribution in [3.8, 4) is 5.75 Å². The number of rotatable bonds is 5. The molecule has 0 spiro atoms. The Labute approximate surface area is 112 Å². The van der Waals surface area contributed by atoms with E-state index >= 15 is 0 Å². The zero-order chi connectivity index (χ0) is 15.7. The molecular formula is C11H11F5O3S. The van der Waals surface area contributed by atoms with Gasteiger partial charge in [-0.3, -0.25) is 0 Å². The van der Waals surface area contributed by atoms with Crippen molar-refractivity contribution in [3.05, 3.63) is 29.1 Å². The highest BCUT2D eigenvalue weighted by molar-refractivity contribution is 7.87. The van der Waals surface area contributed by atoms with Gasteiger partial charge in [0.1, 0.15) is 0 Å². The maximum atomic E-state index is 13.2. The molecule has 0 aliphatic heterocycles. The van der Waals surface area contributed by atoms with Gasteiger partial charge in [0.25, 0.3) is 0 Å². The monoisotopic (exact) mass is 318 g/mol. The zero-order valence-corrected chi connectivity index (χ0v) is 11.3. The van der Waals surface area contributed by atoms with Crippen LogP contribution in [0.2, 0.25) is 0 Å². The molecule has 0 saturated heterocycles. The summed E-state index contributed by atoms with van der Waals surface area (Å²) in [6.07, 6.45) is 0.109. The second kappa shape index (κ2) is 5.94. The Morgan fingerprint density at radius 2 is 1.30 bits per heavy atom. The Hall–Kier alpha value is -1.38. The first-order valence-electron chi connectivity index (χ1n) is 5.50. The predicted molar refractivity (Wildman–Crippen MR) is 60.1 cm³/mol. The summed E-state index contributed by atoms with van der Waals surface area (Å²) in [6, 6.07) is 0. The lowest BCUT2D eigenvalue weighted by molar-refractivity contribution is 0.346. The number of hydrogen-bond donors (Lipinski definition) is 0. The van der Waals surface area contributed by atoms with Crippen molar-refractivity contribution in [2.24, 2.45) is 5.92 Å². The lowest BCUT2D eigenvalue weighted by Gasteiger charge is -2.11. The molecule has 114 valence electrons. The molecule has 0 fully saturated rings. The van der Waals surface area contributed by atoms with Gasteiger partial charge in [-0.2, -0.15) is 17.2 Å². The van der Waals surface area contributed by atoms with Crippen LogP contribution in [0.4, 0.5) is 22.0 Å². The van der Waals surface area contributed by atoms with Crippen LogP contribution in [0.5, 0.6) is 5.75 Å². The van der Waals surface area contributed by atoms with Crippen LogP contribution in [0.3, 0.4) is 0 Å². The highest BCUT2D eigenvalue weighted by atomic mass is 32.2. The van der Waals surface area contributed by atoms with Crippen LogP contribution in [0, 0.1) is 35.0 Å². The fraction of sp³-hybridized carbons (Fsp3) is 0.455. The molecule has 0 aliphatic carbocycles. The molecule has 0 heterocycles. The van der Waals surface area contributed by atoms with E-state index in [2.05, 4.69) is 4.18 Å². The first-order valence-corrected chi connectivity index (χ1v) is 7.08. The fourth-order valence-electron chi connectivity index (χ4n) is 1.21. The SMILES string of the molecule is CC(C)CCS(=O)(=O)Oc1c(F)c(F)c(F)c(F)c1F. The zero-order valence-electron chi connectivity index (χ0n) is 10.5. The highest BCUT2D eigenvalue weighted by Crippen LogP contribution is 2.30. The standard InChI is InChI=1S/C11H11F5O3S/c1-5(2)3-4-20(17,18)19-11-9(15)7(13)6(12)8(14)10(11)16/h5H,3-4H2,1-2H3. The number of hydrogen-bond acceptors (Lipinski definition) is 3. The third-order valence-electron chi connectivity index (χ3n) is 2.33. The van der Waals surface area contributed by atoms with E-state index in [0.717, 1.165) is 0 Å². The summed E-state index contributed by atoms with van der Waals surface area (Å²) < 4.78 is 91.8. The van der Waals surface area contributed by atoms with Crippen molar-refractivity contribution in [1.29, 1.82) is 0 Å². The largest absolute Gasteiger partial charge is 0.376 e. The molecule has 1 aromatic carbocycles. The third kappa shape index (κ3) is 3.59. The maximum Gasteiger partial charge on any atom is 0.309 e. The molecule has 0 atom stereocenters. The Balaban J connectivity index is 3.16. The molecule has 0 amide bonds. The number of benzene rings is 1. The van der Waals surface area contributed by atoms with Crippen molar-refractivity contribution in [2.45, 2.75) is 20.3 Å². The van der Waals surface area contributed by atoms with Crippen LogP contribution < -0.4 is 4.18 Å². The van der Waals surface area contributed by atoms with Crippen LogP contribution in [-0.2, 0) is 10.1 Å². The highest BCUT2D eigenvalue weighted by Gasteiger charge is 2.30. The van der Waals surface area contributed by atoms with E-state index in [0.29, 0.717) is 0 Å². The van der Waals surface area contributed by atoms with E-state index < -0.39 is 50.7 Å². The van der Waals surface area contributed by atoms with E-state index in [1.54, 1.807) is 13.8 Å². The Bertz CT molecular complexity index is 584. The minimum atomic E-state index is -4.46. The Kier molecular flexibility index (Phi) is 4.95. The molecule has 9 heteroatoms. The third-order valence-corrected chi connectivity index (χ3v) is 3.48. The van der Waals surface area contributed by atoms with Crippen LogP contribution >= 0.6 is 0 Å². The van der Waals surface area contributed by atoms with Gasteiger partial charge in [-0.15, -0.1) is 0 Å². The van der Waals surface area contributed by atoms with Gasteiger partial charge in [0.15, 0.2) is 0 Å².